The Morgan fingerprint density at radius 3 is 2.11 bits per heavy atom. The minimum Gasteiger partial charge on any atom is -0.396 e. The Bertz CT molecular complexity index is 93.0. The Morgan fingerprint density at radius 1 is 1.67 bits per heavy atom. The van der Waals surface area contributed by atoms with E-state index in [0.717, 1.165) is 0 Å². The van der Waals surface area contributed by atoms with E-state index in [1.165, 1.54) is 13.8 Å². The molecule has 0 heterocycles. The minimum atomic E-state index is -1.10. The van der Waals surface area contributed by atoms with Crippen LogP contribution in [0.1, 0.15) is 13.8 Å². The second-order valence-electron chi connectivity index (χ2n) is 2.58. The molecule has 0 fully saturated rings. The summed E-state index contributed by atoms with van der Waals surface area (Å²) in [7, 11) is 0. The molecule has 0 amide bonds. The highest BCUT2D eigenvalue weighted by Crippen LogP contribution is 2.12. The number of hydrogen-bond donors (Lipinski definition) is 2. The lowest BCUT2D eigenvalue weighted by molar-refractivity contribution is -0.120. The zero-order chi connectivity index (χ0) is 7.49. The predicted molar refractivity (Wildman–Crippen MR) is 32.9 cm³/mol. The summed E-state index contributed by atoms with van der Waals surface area (Å²) in [6.07, 6.45) is 0.556. The first kappa shape index (κ1) is 8.59. The van der Waals surface area contributed by atoms with Gasteiger partial charge in [0.2, 0.25) is 0 Å². The van der Waals surface area contributed by atoms with Crippen LogP contribution in [0.15, 0.2) is 0 Å². The first-order chi connectivity index (χ1) is 4.02. The Balaban J connectivity index is 3.94. The van der Waals surface area contributed by atoms with E-state index in [0.29, 0.717) is 6.29 Å². The number of aldehydes is 1. The lowest BCUT2D eigenvalue weighted by Crippen LogP contribution is -2.34. The summed E-state index contributed by atoms with van der Waals surface area (Å²) in [5.41, 5.74) is -1.10. The van der Waals surface area contributed by atoms with Crippen LogP contribution in [0, 0.1) is 5.92 Å². The summed E-state index contributed by atoms with van der Waals surface area (Å²) in [4.78, 5) is 10.1. The Hall–Kier alpha value is -0.410. The van der Waals surface area contributed by atoms with Gasteiger partial charge in [0, 0.05) is 0 Å². The Kier molecular flexibility index (Phi) is 2.81. The topological polar surface area (TPSA) is 57.5 Å². The lowest BCUT2D eigenvalue weighted by Gasteiger charge is -2.21. The van der Waals surface area contributed by atoms with Crippen LogP contribution in [0.4, 0.5) is 0 Å². The third-order valence-corrected chi connectivity index (χ3v) is 1.27. The summed E-state index contributed by atoms with van der Waals surface area (Å²) in [6.45, 7) is 2.68. The highest BCUT2D eigenvalue weighted by atomic mass is 16.3. The molecule has 0 aromatic heterocycles. The molecule has 0 spiro atoms. The molecule has 0 saturated heterocycles. The molecule has 54 valence electrons. The normalized spacial score (nSPS) is 15.1. The van der Waals surface area contributed by atoms with Gasteiger partial charge in [-0.15, -0.1) is 0 Å². The first-order valence-corrected chi connectivity index (χ1v) is 2.81. The second-order valence-corrected chi connectivity index (χ2v) is 2.58. The lowest BCUT2D eigenvalue weighted by atomic mass is 9.93. The van der Waals surface area contributed by atoms with Crippen molar-refractivity contribution in [2.75, 3.05) is 6.61 Å². The number of aliphatic hydroxyl groups is 2. The molecule has 9 heavy (non-hydrogen) atoms. The minimum absolute atomic E-state index is 0.299. The maximum Gasteiger partial charge on any atom is 0.128 e. The van der Waals surface area contributed by atoms with Gasteiger partial charge >= 0.3 is 0 Å². The Morgan fingerprint density at radius 2 is 2.11 bits per heavy atom. The SMILES string of the molecule is CC(C)(O)C(C=O)CO. The molecule has 0 aliphatic heterocycles. The summed E-state index contributed by atoms with van der Waals surface area (Å²) in [5.74, 6) is -0.669. The molecule has 0 aromatic carbocycles. The summed E-state index contributed by atoms with van der Waals surface area (Å²) >= 11 is 0. The fourth-order valence-electron chi connectivity index (χ4n) is 0.433. The summed E-state index contributed by atoms with van der Waals surface area (Å²) < 4.78 is 0. The second kappa shape index (κ2) is 2.94. The molecule has 0 aliphatic carbocycles. The fraction of sp³-hybridized carbons (Fsp3) is 0.833. The molecule has 0 saturated carbocycles. The molecule has 3 heteroatoms. The van der Waals surface area contributed by atoms with Gasteiger partial charge in [-0.05, 0) is 13.8 Å². The smallest absolute Gasteiger partial charge is 0.128 e. The average Bonchev–Trinajstić information content (AvgIpc) is 1.65. The van der Waals surface area contributed by atoms with Crippen LogP contribution in [0.5, 0.6) is 0 Å². The van der Waals surface area contributed by atoms with E-state index in [-0.39, 0.29) is 6.61 Å². The van der Waals surface area contributed by atoms with Gasteiger partial charge in [0.25, 0.3) is 0 Å². The van der Waals surface area contributed by atoms with Crippen molar-refractivity contribution < 1.29 is 15.0 Å². The largest absolute Gasteiger partial charge is 0.396 e. The van der Waals surface area contributed by atoms with Crippen molar-refractivity contribution in [1.29, 1.82) is 0 Å². The van der Waals surface area contributed by atoms with Gasteiger partial charge in [-0.2, -0.15) is 0 Å². The van der Waals surface area contributed by atoms with Crippen LogP contribution in [0.3, 0.4) is 0 Å². The molecule has 0 rings (SSSR count). The number of rotatable bonds is 3. The first-order valence-electron chi connectivity index (χ1n) is 2.81. The van der Waals surface area contributed by atoms with Gasteiger partial charge in [-0.1, -0.05) is 0 Å². The van der Waals surface area contributed by atoms with Crippen molar-refractivity contribution in [2.24, 2.45) is 5.92 Å². The van der Waals surface area contributed by atoms with E-state index in [1.807, 2.05) is 0 Å². The van der Waals surface area contributed by atoms with Crippen LogP contribution in [-0.4, -0.2) is 28.7 Å². The van der Waals surface area contributed by atoms with Gasteiger partial charge in [-0.25, -0.2) is 0 Å². The summed E-state index contributed by atoms with van der Waals surface area (Å²) in [5, 5.41) is 17.6. The van der Waals surface area contributed by atoms with Crippen molar-refractivity contribution in [1.82, 2.24) is 0 Å². The van der Waals surface area contributed by atoms with E-state index in [2.05, 4.69) is 0 Å². The van der Waals surface area contributed by atoms with Crippen molar-refractivity contribution >= 4 is 6.29 Å². The van der Waals surface area contributed by atoms with Gasteiger partial charge in [0.1, 0.15) is 6.29 Å². The monoisotopic (exact) mass is 132 g/mol. The molecular weight excluding hydrogens is 120 g/mol. The maximum absolute atomic E-state index is 10.1. The van der Waals surface area contributed by atoms with E-state index >= 15 is 0 Å². The van der Waals surface area contributed by atoms with Crippen molar-refractivity contribution in [3.63, 3.8) is 0 Å². The maximum atomic E-state index is 10.1. The van der Waals surface area contributed by atoms with Gasteiger partial charge in [-0.3, -0.25) is 0 Å². The number of hydrogen-bond acceptors (Lipinski definition) is 3. The van der Waals surface area contributed by atoms with E-state index < -0.39 is 11.5 Å². The number of carbonyl (C=O) groups is 1. The van der Waals surface area contributed by atoms with Gasteiger partial charge in [0.15, 0.2) is 0 Å². The number of aliphatic hydroxyl groups excluding tert-OH is 1. The Labute approximate surface area is 54.3 Å². The molecule has 0 aliphatic rings. The van der Waals surface area contributed by atoms with Gasteiger partial charge < -0.3 is 15.0 Å². The van der Waals surface area contributed by atoms with Crippen molar-refractivity contribution in [3.05, 3.63) is 0 Å². The third-order valence-electron chi connectivity index (χ3n) is 1.27. The van der Waals surface area contributed by atoms with Crippen molar-refractivity contribution in [2.45, 2.75) is 19.4 Å². The molecule has 3 nitrogen and oxygen atoms in total. The van der Waals surface area contributed by atoms with Crippen LogP contribution >= 0.6 is 0 Å². The third kappa shape index (κ3) is 2.58. The van der Waals surface area contributed by atoms with E-state index in [1.54, 1.807) is 0 Å². The standard InChI is InChI=1S/C6H12O3/c1-6(2,9)5(3-7)4-8/h3,5,8-9H,4H2,1-2H3. The van der Waals surface area contributed by atoms with Crippen molar-refractivity contribution in [3.8, 4) is 0 Å². The average molecular weight is 132 g/mol. The molecule has 1 unspecified atom stereocenters. The highest BCUT2D eigenvalue weighted by molar-refractivity contribution is 5.55. The summed E-state index contributed by atoms with van der Waals surface area (Å²) in [6, 6.07) is 0. The predicted octanol–water partition coefficient (Wildman–Crippen LogP) is -0.435. The fourth-order valence-corrected chi connectivity index (χ4v) is 0.433. The molecule has 2 N–H and O–H groups in total. The molecular formula is C6H12O3. The van der Waals surface area contributed by atoms with Gasteiger partial charge in [0.05, 0.1) is 18.1 Å². The quantitative estimate of drug-likeness (QED) is 0.512. The van der Waals surface area contributed by atoms with E-state index in [9.17, 15) is 4.79 Å². The van der Waals surface area contributed by atoms with Crippen LogP contribution in [0.2, 0.25) is 0 Å². The van der Waals surface area contributed by atoms with Crippen LogP contribution < -0.4 is 0 Å². The van der Waals surface area contributed by atoms with E-state index in [4.69, 9.17) is 10.2 Å². The zero-order valence-corrected chi connectivity index (χ0v) is 5.66. The molecule has 0 aromatic rings. The zero-order valence-electron chi connectivity index (χ0n) is 5.66. The molecule has 0 bridgehead atoms. The highest BCUT2D eigenvalue weighted by Gasteiger charge is 2.24. The van der Waals surface area contributed by atoms with Crippen LogP contribution in [0.25, 0.3) is 0 Å². The molecule has 1 atom stereocenters. The van der Waals surface area contributed by atoms with Crippen LogP contribution in [-0.2, 0) is 4.79 Å². The number of carbonyl (C=O) groups excluding carboxylic acids is 1. The molecule has 0 radical (unpaired) electrons.